The number of hydrogen-bond acceptors (Lipinski definition) is 1. The first kappa shape index (κ1) is 13.6. The van der Waals surface area contributed by atoms with Gasteiger partial charge < -0.3 is 0 Å². The lowest BCUT2D eigenvalue weighted by atomic mass is 9.94. The molecule has 0 amide bonds. The summed E-state index contributed by atoms with van der Waals surface area (Å²) in [7, 11) is 1.96. The van der Waals surface area contributed by atoms with Crippen LogP contribution in [-0.2, 0) is 13.5 Å². The maximum atomic E-state index is 4.29. The van der Waals surface area contributed by atoms with Crippen molar-refractivity contribution in [3.05, 3.63) is 77.1 Å². The molecule has 0 fully saturated rings. The van der Waals surface area contributed by atoms with Crippen molar-refractivity contribution in [1.29, 1.82) is 0 Å². The van der Waals surface area contributed by atoms with Crippen LogP contribution in [0, 0.1) is 13.8 Å². The molecule has 1 aromatic heterocycles. The van der Waals surface area contributed by atoms with Crippen molar-refractivity contribution >= 4 is 0 Å². The smallest absolute Gasteiger partial charge is 0.0568 e. The minimum Gasteiger partial charge on any atom is -0.275 e. The summed E-state index contributed by atoms with van der Waals surface area (Å²) < 4.78 is 1.85. The molecule has 2 aromatic carbocycles. The molecule has 3 aromatic rings. The van der Waals surface area contributed by atoms with Crippen LogP contribution in [0.25, 0.3) is 11.1 Å². The van der Waals surface area contributed by atoms with Gasteiger partial charge in [-0.25, -0.2) is 0 Å². The minimum absolute atomic E-state index is 0.957. The predicted molar refractivity (Wildman–Crippen MR) is 87.4 cm³/mol. The summed E-state index contributed by atoms with van der Waals surface area (Å²) in [4.78, 5) is 0. The number of benzene rings is 2. The Labute approximate surface area is 126 Å². The van der Waals surface area contributed by atoms with Gasteiger partial charge in [0.15, 0.2) is 0 Å². The SMILES string of the molecule is Cc1ccc(C)c(Cc2ccccc2-c2cnn(C)c2)c1. The van der Waals surface area contributed by atoms with Gasteiger partial charge in [0, 0.05) is 18.8 Å². The van der Waals surface area contributed by atoms with Crippen molar-refractivity contribution in [2.24, 2.45) is 7.05 Å². The van der Waals surface area contributed by atoms with E-state index in [0.29, 0.717) is 0 Å². The normalized spacial score (nSPS) is 10.8. The molecule has 0 bridgehead atoms. The number of nitrogens with zero attached hydrogens (tertiary/aromatic N) is 2. The van der Waals surface area contributed by atoms with Crippen LogP contribution >= 0.6 is 0 Å². The Hall–Kier alpha value is -2.35. The number of rotatable bonds is 3. The zero-order valence-electron chi connectivity index (χ0n) is 12.8. The van der Waals surface area contributed by atoms with Crippen LogP contribution in [0.3, 0.4) is 0 Å². The van der Waals surface area contributed by atoms with Gasteiger partial charge in [-0.05, 0) is 42.5 Å². The first-order valence-corrected chi connectivity index (χ1v) is 7.26. The van der Waals surface area contributed by atoms with E-state index in [2.05, 4.69) is 67.6 Å². The predicted octanol–water partition coefficient (Wildman–Crippen LogP) is 4.29. The lowest BCUT2D eigenvalue weighted by molar-refractivity contribution is 0.768. The molecule has 0 N–H and O–H groups in total. The number of aryl methyl sites for hydroxylation is 3. The topological polar surface area (TPSA) is 17.8 Å². The first-order chi connectivity index (χ1) is 10.1. The highest BCUT2D eigenvalue weighted by Crippen LogP contribution is 2.26. The van der Waals surface area contributed by atoms with E-state index in [1.165, 1.54) is 33.4 Å². The Kier molecular flexibility index (Phi) is 3.61. The number of hydrogen-bond donors (Lipinski definition) is 0. The fraction of sp³-hybridized carbons (Fsp3) is 0.211. The maximum absolute atomic E-state index is 4.29. The Bertz CT molecular complexity index is 769. The third kappa shape index (κ3) is 2.89. The molecule has 0 radical (unpaired) electrons. The average Bonchev–Trinajstić information content (AvgIpc) is 2.90. The monoisotopic (exact) mass is 276 g/mol. The molecule has 0 aliphatic heterocycles. The molecule has 0 saturated carbocycles. The molecule has 0 unspecified atom stereocenters. The molecule has 0 spiro atoms. The van der Waals surface area contributed by atoms with Gasteiger partial charge >= 0.3 is 0 Å². The highest BCUT2D eigenvalue weighted by molar-refractivity contribution is 5.66. The van der Waals surface area contributed by atoms with E-state index < -0.39 is 0 Å². The van der Waals surface area contributed by atoms with Crippen molar-refractivity contribution < 1.29 is 0 Å². The van der Waals surface area contributed by atoms with Gasteiger partial charge in [0.2, 0.25) is 0 Å². The fourth-order valence-electron chi connectivity index (χ4n) is 2.71. The standard InChI is InChI=1S/C19H20N2/c1-14-8-9-15(2)17(10-14)11-16-6-4-5-7-19(16)18-12-20-21(3)13-18/h4-10,12-13H,11H2,1-3H3. The molecule has 0 aliphatic rings. The average molecular weight is 276 g/mol. The molecule has 1 heterocycles. The molecule has 0 aliphatic carbocycles. The third-order valence-corrected chi connectivity index (χ3v) is 3.92. The van der Waals surface area contributed by atoms with E-state index in [1.54, 1.807) is 0 Å². The summed E-state index contributed by atoms with van der Waals surface area (Å²) in [5, 5.41) is 4.29. The van der Waals surface area contributed by atoms with Crippen molar-refractivity contribution in [2.45, 2.75) is 20.3 Å². The molecule has 0 saturated heterocycles. The molecule has 106 valence electrons. The van der Waals surface area contributed by atoms with Gasteiger partial charge in [-0.15, -0.1) is 0 Å². The van der Waals surface area contributed by atoms with Crippen molar-refractivity contribution in [1.82, 2.24) is 9.78 Å². The molecule has 0 atom stereocenters. The molecular formula is C19H20N2. The van der Waals surface area contributed by atoms with Gasteiger partial charge in [-0.2, -0.15) is 5.10 Å². The lowest BCUT2D eigenvalue weighted by Crippen LogP contribution is -1.95. The molecule has 2 heteroatoms. The van der Waals surface area contributed by atoms with E-state index in [4.69, 9.17) is 0 Å². The van der Waals surface area contributed by atoms with E-state index >= 15 is 0 Å². The summed E-state index contributed by atoms with van der Waals surface area (Å²) in [5.74, 6) is 0. The van der Waals surface area contributed by atoms with Crippen molar-refractivity contribution in [3.8, 4) is 11.1 Å². The van der Waals surface area contributed by atoms with Crippen LogP contribution in [-0.4, -0.2) is 9.78 Å². The van der Waals surface area contributed by atoms with E-state index in [1.807, 2.05) is 17.9 Å². The van der Waals surface area contributed by atoms with Gasteiger partial charge in [-0.3, -0.25) is 4.68 Å². The quantitative estimate of drug-likeness (QED) is 0.697. The van der Waals surface area contributed by atoms with Crippen LogP contribution in [0.1, 0.15) is 22.3 Å². The summed E-state index contributed by atoms with van der Waals surface area (Å²) in [6.45, 7) is 4.33. The highest BCUT2D eigenvalue weighted by atomic mass is 15.2. The Morgan fingerprint density at radius 1 is 1.00 bits per heavy atom. The van der Waals surface area contributed by atoms with Crippen LogP contribution in [0.4, 0.5) is 0 Å². The summed E-state index contributed by atoms with van der Waals surface area (Å²) in [6.07, 6.45) is 4.96. The largest absolute Gasteiger partial charge is 0.275 e. The summed E-state index contributed by atoms with van der Waals surface area (Å²) in [5.41, 5.74) is 7.85. The lowest BCUT2D eigenvalue weighted by Gasteiger charge is -2.11. The Morgan fingerprint density at radius 2 is 1.81 bits per heavy atom. The van der Waals surface area contributed by atoms with Gasteiger partial charge in [0.25, 0.3) is 0 Å². The first-order valence-electron chi connectivity index (χ1n) is 7.26. The van der Waals surface area contributed by atoms with Crippen LogP contribution < -0.4 is 0 Å². The van der Waals surface area contributed by atoms with Crippen molar-refractivity contribution in [3.63, 3.8) is 0 Å². The highest BCUT2D eigenvalue weighted by Gasteiger charge is 2.08. The zero-order chi connectivity index (χ0) is 14.8. The minimum atomic E-state index is 0.957. The van der Waals surface area contributed by atoms with Crippen LogP contribution in [0.2, 0.25) is 0 Å². The second-order valence-corrected chi connectivity index (χ2v) is 5.67. The Morgan fingerprint density at radius 3 is 2.57 bits per heavy atom. The molecule has 2 nitrogen and oxygen atoms in total. The van der Waals surface area contributed by atoms with E-state index in [9.17, 15) is 0 Å². The fourth-order valence-corrected chi connectivity index (χ4v) is 2.71. The van der Waals surface area contributed by atoms with Gasteiger partial charge in [0.1, 0.15) is 0 Å². The molecular weight excluding hydrogens is 256 g/mol. The second-order valence-electron chi connectivity index (χ2n) is 5.67. The zero-order valence-corrected chi connectivity index (χ0v) is 12.8. The number of aromatic nitrogens is 2. The summed E-state index contributed by atoms with van der Waals surface area (Å²) >= 11 is 0. The van der Waals surface area contributed by atoms with E-state index in [-0.39, 0.29) is 0 Å². The van der Waals surface area contributed by atoms with Crippen molar-refractivity contribution in [2.75, 3.05) is 0 Å². The van der Waals surface area contributed by atoms with Crippen LogP contribution in [0.5, 0.6) is 0 Å². The van der Waals surface area contributed by atoms with Gasteiger partial charge in [-0.1, -0.05) is 48.0 Å². The second kappa shape index (κ2) is 5.57. The third-order valence-electron chi connectivity index (χ3n) is 3.92. The maximum Gasteiger partial charge on any atom is 0.0568 e. The molecule has 21 heavy (non-hydrogen) atoms. The van der Waals surface area contributed by atoms with Gasteiger partial charge in [0.05, 0.1) is 6.20 Å². The Balaban J connectivity index is 2.01. The van der Waals surface area contributed by atoms with Crippen LogP contribution in [0.15, 0.2) is 54.9 Å². The molecule has 3 rings (SSSR count). The summed E-state index contributed by atoms with van der Waals surface area (Å²) in [6, 6.07) is 15.3. The van der Waals surface area contributed by atoms with E-state index in [0.717, 1.165) is 6.42 Å².